The fraction of sp³-hybridized carbons (Fsp3) is 0.500. The zero-order valence-corrected chi connectivity index (χ0v) is 11.0. The zero-order chi connectivity index (χ0) is 13.3. The van der Waals surface area contributed by atoms with Crippen LogP contribution in [0.25, 0.3) is 0 Å². The van der Waals surface area contributed by atoms with Crippen molar-refractivity contribution in [3.8, 4) is 5.75 Å². The Morgan fingerprint density at radius 2 is 2.22 bits per heavy atom. The molecule has 0 saturated heterocycles. The molecule has 0 amide bonds. The Kier molecular flexibility index (Phi) is 3.57. The van der Waals surface area contributed by atoms with Crippen LogP contribution < -0.4 is 4.74 Å². The number of carboxylic acids is 1. The van der Waals surface area contributed by atoms with E-state index in [4.69, 9.17) is 9.84 Å². The Hall–Kier alpha value is -1.55. The van der Waals surface area contributed by atoms with Gasteiger partial charge in [0.1, 0.15) is 5.75 Å². The maximum atomic E-state index is 11.0. The summed E-state index contributed by atoms with van der Waals surface area (Å²) < 4.78 is 5.22. The average molecular weight is 249 g/mol. The van der Waals surface area contributed by atoms with E-state index < -0.39 is 5.97 Å². The Bertz CT molecular complexity index is 444. The second kappa shape index (κ2) is 4.98. The fourth-order valence-corrected chi connectivity index (χ4v) is 2.60. The third-order valence-corrected chi connectivity index (χ3v) is 3.55. The van der Waals surface area contributed by atoms with Crippen LogP contribution in [0, 0.1) is 11.8 Å². The number of carbonyl (C=O) groups is 1. The number of aliphatic carboxylic acids is 1. The molecule has 1 aromatic carbocycles. The van der Waals surface area contributed by atoms with Gasteiger partial charge in [0.15, 0.2) is 0 Å². The van der Waals surface area contributed by atoms with E-state index in [1.807, 2.05) is 38.4 Å². The Morgan fingerprint density at radius 1 is 1.50 bits per heavy atom. The standard InChI is InChI=1S/C14H19NO3/c1-15(2)13(11-8-12(11)14(16)17)9-5-4-6-10(7-9)18-3/h4-7,11-13H,8H2,1-3H3,(H,16,17). The number of ether oxygens (including phenoxy) is 1. The first-order chi connectivity index (χ1) is 8.54. The van der Waals surface area contributed by atoms with E-state index in [0.29, 0.717) is 0 Å². The topological polar surface area (TPSA) is 49.8 Å². The van der Waals surface area contributed by atoms with Crippen LogP contribution in [0.2, 0.25) is 0 Å². The van der Waals surface area contributed by atoms with Crippen LogP contribution >= 0.6 is 0 Å². The summed E-state index contributed by atoms with van der Waals surface area (Å²) in [4.78, 5) is 13.1. The molecule has 4 nitrogen and oxygen atoms in total. The zero-order valence-electron chi connectivity index (χ0n) is 11.0. The summed E-state index contributed by atoms with van der Waals surface area (Å²) in [5.74, 6) is 0.120. The van der Waals surface area contributed by atoms with Gasteiger partial charge in [0.05, 0.1) is 13.0 Å². The molecule has 98 valence electrons. The molecule has 1 aliphatic carbocycles. The average Bonchev–Trinajstić information content (AvgIpc) is 3.09. The van der Waals surface area contributed by atoms with Crippen molar-refractivity contribution in [1.29, 1.82) is 0 Å². The number of hydrogen-bond donors (Lipinski definition) is 1. The highest BCUT2D eigenvalue weighted by molar-refractivity contribution is 5.73. The van der Waals surface area contributed by atoms with E-state index in [1.165, 1.54) is 0 Å². The first kappa shape index (κ1) is 12.9. The molecule has 18 heavy (non-hydrogen) atoms. The van der Waals surface area contributed by atoms with Crippen LogP contribution in [-0.2, 0) is 4.79 Å². The number of hydrogen-bond acceptors (Lipinski definition) is 3. The SMILES string of the molecule is COc1cccc(C(C2CC2C(=O)O)N(C)C)c1. The van der Waals surface area contributed by atoms with Crippen molar-refractivity contribution in [2.75, 3.05) is 21.2 Å². The maximum absolute atomic E-state index is 11.0. The van der Waals surface area contributed by atoms with Crippen molar-refractivity contribution in [2.24, 2.45) is 11.8 Å². The van der Waals surface area contributed by atoms with E-state index in [2.05, 4.69) is 4.90 Å². The van der Waals surface area contributed by atoms with Gasteiger partial charge in [-0.25, -0.2) is 0 Å². The van der Waals surface area contributed by atoms with Crippen molar-refractivity contribution >= 4 is 5.97 Å². The molecule has 1 saturated carbocycles. The minimum absolute atomic E-state index is 0.140. The van der Waals surface area contributed by atoms with Crippen LogP contribution in [-0.4, -0.2) is 37.2 Å². The molecule has 4 heteroatoms. The van der Waals surface area contributed by atoms with Crippen molar-refractivity contribution in [3.05, 3.63) is 29.8 Å². The molecule has 3 unspecified atom stereocenters. The minimum atomic E-state index is -0.685. The van der Waals surface area contributed by atoms with Gasteiger partial charge in [0.2, 0.25) is 0 Å². The largest absolute Gasteiger partial charge is 0.497 e. The molecule has 1 aliphatic rings. The van der Waals surface area contributed by atoms with Gasteiger partial charge in [-0.1, -0.05) is 12.1 Å². The summed E-state index contributed by atoms with van der Waals surface area (Å²) in [6, 6.07) is 8.01. The van der Waals surface area contributed by atoms with Crippen LogP contribution in [0.3, 0.4) is 0 Å². The highest BCUT2D eigenvalue weighted by Crippen LogP contribution is 2.49. The third-order valence-electron chi connectivity index (χ3n) is 3.55. The van der Waals surface area contributed by atoms with Gasteiger partial charge >= 0.3 is 5.97 Å². The van der Waals surface area contributed by atoms with Gasteiger partial charge in [0, 0.05) is 6.04 Å². The van der Waals surface area contributed by atoms with Gasteiger partial charge in [-0.05, 0) is 44.1 Å². The molecule has 0 heterocycles. The lowest BCUT2D eigenvalue weighted by atomic mass is 9.99. The van der Waals surface area contributed by atoms with Crippen LogP contribution in [0.15, 0.2) is 24.3 Å². The number of rotatable bonds is 5. The molecule has 0 bridgehead atoms. The van der Waals surface area contributed by atoms with Gasteiger partial charge < -0.3 is 14.7 Å². The number of nitrogens with zero attached hydrogens (tertiary/aromatic N) is 1. The lowest BCUT2D eigenvalue weighted by Crippen LogP contribution is -2.23. The van der Waals surface area contributed by atoms with Gasteiger partial charge in [-0.2, -0.15) is 0 Å². The molecule has 0 radical (unpaired) electrons. The van der Waals surface area contributed by atoms with Crippen molar-refractivity contribution in [1.82, 2.24) is 4.90 Å². The molecule has 1 N–H and O–H groups in total. The monoisotopic (exact) mass is 249 g/mol. The summed E-state index contributed by atoms with van der Waals surface area (Å²) in [6.07, 6.45) is 0.759. The first-order valence-corrected chi connectivity index (χ1v) is 6.07. The van der Waals surface area contributed by atoms with Gasteiger partial charge in [-0.15, -0.1) is 0 Å². The smallest absolute Gasteiger partial charge is 0.306 e. The van der Waals surface area contributed by atoms with Crippen LogP contribution in [0.5, 0.6) is 5.75 Å². The normalized spacial score (nSPS) is 23.8. The summed E-state index contributed by atoms with van der Waals surface area (Å²) in [6.45, 7) is 0. The Balaban J connectivity index is 2.23. The maximum Gasteiger partial charge on any atom is 0.306 e. The highest BCUT2D eigenvalue weighted by atomic mass is 16.5. The minimum Gasteiger partial charge on any atom is -0.497 e. The number of carboxylic acid groups (broad SMARTS) is 1. The second-order valence-corrected chi connectivity index (χ2v) is 5.03. The number of methoxy groups -OCH3 is 1. The van der Waals surface area contributed by atoms with Crippen molar-refractivity contribution < 1.29 is 14.6 Å². The molecule has 0 aliphatic heterocycles. The first-order valence-electron chi connectivity index (χ1n) is 6.07. The summed E-state index contributed by atoms with van der Waals surface area (Å²) in [5, 5.41) is 9.06. The van der Waals surface area contributed by atoms with Crippen LogP contribution in [0.1, 0.15) is 18.0 Å². The third kappa shape index (κ3) is 2.48. The summed E-state index contributed by atoms with van der Waals surface area (Å²) in [5.41, 5.74) is 1.12. The van der Waals surface area contributed by atoms with Crippen LogP contribution in [0.4, 0.5) is 0 Å². The molecule has 1 fully saturated rings. The lowest BCUT2D eigenvalue weighted by molar-refractivity contribution is -0.139. The molecule has 2 rings (SSSR count). The predicted molar refractivity (Wildman–Crippen MR) is 68.7 cm³/mol. The molecule has 3 atom stereocenters. The van der Waals surface area contributed by atoms with E-state index in [0.717, 1.165) is 17.7 Å². The molecule has 1 aromatic rings. The Morgan fingerprint density at radius 3 is 2.72 bits per heavy atom. The quantitative estimate of drug-likeness (QED) is 0.867. The van der Waals surface area contributed by atoms with Crippen molar-refractivity contribution in [2.45, 2.75) is 12.5 Å². The van der Waals surface area contributed by atoms with Crippen molar-refractivity contribution in [3.63, 3.8) is 0 Å². The van der Waals surface area contributed by atoms with E-state index in [1.54, 1.807) is 7.11 Å². The summed E-state index contributed by atoms with van der Waals surface area (Å²) >= 11 is 0. The number of benzene rings is 1. The predicted octanol–water partition coefficient (Wildman–Crippen LogP) is 2.02. The highest BCUT2D eigenvalue weighted by Gasteiger charge is 2.49. The molecule has 0 aromatic heterocycles. The van der Waals surface area contributed by atoms with E-state index in [-0.39, 0.29) is 17.9 Å². The summed E-state index contributed by atoms with van der Waals surface area (Å²) in [7, 11) is 5.61. The van der Waals surface area contributed by atoms with Gasteiger partial charge in [-0.3, -0.25) is 4.79 Å². The lowest BCUT2D eigenvalue weighted by Gasteiger charge is -2.25. The van der Waals surface area contributed by atoms with Gasteiger partial charge in [0.25, 0.3) is 0 Å². The fourth-order valence-electron chi connectivity index (χ4n) is 2.60. The molecular formula is C14H19NO3. The molecule has 0 spiro atoms. The second-order valence-electron chi connectivity index (χ2n) is 5.03. The van der Waals surface area contributed by atoms with E-state index >= 15 is 0 Å². The molecular weight excluding hydrogens is 230 g/mol. The van der Waals surface area contributed by atoms with E-state index in [9.17, 15) is 4.79 Å². The Labute approximate surface area is 107 Å².